The fraction of sp³-hybridized carbons (Fsp3) is 0.105. The van der Waals surface area contributed by atoms with E-state index in [0.717, 1.165) is 37.5 Å². The van der Waals surface area contributed by atoms with Crippen LogP contribution < -0.4 is 5.32 Å². The highest BCUT2D eigenvalue weighted by molar-refractivity contribution is 9.10. The number of para-hydroxylation sites is 2. The van der Waals surface area contributed by atoms with E-state index in [-0.39, 0.29) is 12.5 Å². The number of anilines is 1. The summed E-state index contributed by atoms with van der Waals surface area (Å²) in [5.41, 5.74) is 5.40. The first kappa shape index (κ1) is 16.9. The number of rotatable bonds is 4. The van der Waals surface area contributed by atoms with E-state index in [1.165, 1.54) is 11.3 Å². The molecule has 0 fully saturated rings. The van der Waals surface area contributed by atoms with Gasteiger partial charge >= 0.3 is 0 Å². The van der Waals surface area contributed by atoms with Gasteiger partial charge in [0.1, 0.15) is 6.54 Å². The second kappa shape index (κ2) is 7.01. The fourth-order valence-electron chi connectivity index (χ4n) is 2.90. The number of fused-ring (bicyclic) bond motifs is 1. The average molecular weight is 427 g/mol. The van der Waals surface area contributed by atoms with Gasteiger partial charge in [0.2, 0.25) is 5.91 Å². The summed E-state index contributed by atoms with van der Waals surface area (Å²) in [6.45, 7) is 2.17. The molecule has 4 rings (SSSR count). The maximum absolute atomic E-state index is 12.7. The molecule has 26 heavy (non-hydrogen) atoms. The van der Waals surface area contributed by atoms with Gasteiger partial charge in [-0.15, -0.1) is 11.3 Å². The number of thiazole rings is 1. The largest absolute Gasteiger partial charge is 0.324 e. The number of aromatic nitrogens is 3. The summed E-state index contributed by atoms with van der Waals surface area (Å²) in [5, 5.41) is 2.97. The number of nitrogens with one attached hydrogen (secondary N) is 1. The molecule has 2 aromatic heterocycles. The lowest BCUT2D eigenvalue weighted by atomic mass is 10.2. The maximum atomic E-state index is 12.7. The average Bonchev–Trinajstić information content (AvgIpc) is 3.22. The predicted octanol–water partition coefficient (Wildman–Crippen LogP) is 4.87. The normalized spacial score (nSPS) is 11.0. The highest BCUT2D eigenvalue weighted by Gasteiger charge is 2.16. The van der Waals surface area contributed by atoms with Crippen molar-refractivity contribution in [3.8, 4) is 10.7 Å². The Hall–Kier alpha value is -2.51. The fourth-order valence-corrected chi connectivity index (χ4v) is 4.13. The smallest absolute Gasteiger partial charge is 0.244 e. The molecule has 0 atom stereocenters. The van der Waals surface area contributed by atoms with Gasteiger partial charge in [-0.2, -0.15) is 0 Å². The zero-order chi connectivity index (χ0) is 18.1. The molecule has 7 heteroatoms. The van der Waals surface area contributed by atoms with Crippen LogP contribution in [-0.4, -0.2) is 20.4 Å². The Morgan fingerprint density at radius 2 is 2.12 bits per heavy atom. The van der Waals surface area contributed by atoms with Crippen molar-refractivity contribution < 1.29 is 4.79 Å². The highest BCUT2D eigenvalue weighted by atomic mass is 79.9. The lowest BCUT2D eigenvalue weighted by molar-refractivity contribution is -0.116. The molecule has 1 N–H and O–H groups in total. The van der Waals surface area contributed by atoms with Crippen LogP contribution in [0.2, 0.25) is 0 Å². The van der Waals surface area contributed by atoms with Crippen LogP contribution >= 0.6 is 27.3 Å². The number of hydrogen-bond acceptors (Lipinski definition) is 4. The van der Waals surface area contributed by atoms with Crippen LogP contribution in [0.3, 0.4) is 0 Å². The highest BCUT2D eigenvalue weighted by Crippen LogP contribution is 2.27. The van der Waals surface area contributed by atoms with Crippen LogP contribution in [0.25, 0.3) is 21.7 Å². The van der Waals surface area contributed by atoms with Crippen LogP contribution in [0.1, 0.15) is 5.56 Å². The van der Waals surface area contributed by atoms with Gasteiger partial charge < -0.3 is 9.88 Å². The lowest BCUT2D eigenvalue weighted by Gasteiger charge is -2.10. The van der Waals surface area contributed by atoms with Crippen LogP contribution in [-0.2, 0) is 11.3 Å². The Balaban J connectivity index is 1.68. The first-order chi connectivity index (χ1) is 12.6. The van der Waals surface area contributed by atoms with Crippen molar-refractivity contribution in [2.24, 2.45) is 0 Å². The van der Waals surface area contributed by atoms with Crippen molar-refractivity contribution in [2.75, 3.05) is 5.32 Å². The molecule has 0 aliphatic heterocycles. The van der Waals surface area contributed by atoms with Crippen molar-refractivity contribution in [1.82, 2.24) is 14.5 Å². The predicted molar refractivity (Wildman–Crippen MR) is 108 cm³/mol. The summed E-state index contributed by atoms with van der Waals surface area (Å²) in [4.78, 5) is 22.4. The van der Waals surface area contributed by atoms with E-state index in [1.54, 1.807) is 11.7 Å². The number of halogens is 1. The summed E-state index contributed by atoms with van der Waals surface area (Å²) in [7, 11) is 0. The van der Waals surface area contributed by atoms with Crippen LogP contribution in [0, 0.1) is 6.92 Å². The molecule has 0 aliphatic rings. The van der Waals surface area contributed by atoms with E-state index in [0.29, 0.717) is 0 Å². The Bertz CT molecular complexity index is 1070. The first-order valence-electron chi connectivity index (χ1n) is 8.01. The zero-order valence-electron chi connectivity index (χ0n) is 13.9. The van der Waals surface area contributed by atoms with E-state index in [9.17, 15) is 4.79 Å². The van der Waals surface area contributed by atoms with Gasteiger partial charge in [0.15, 0.2) is 5.82 Å². The van der Waals surface area contributed by atoms with Crippen molar-refractivity contribution in [1.29, 1.82) is 0 Å². The van der Waals surface area contributed by atoms with Crippen molar-refractivity contribution in [3.63, 3.8) is 0 Å². The molecule has 5 nitrogen and oxygen atoms in total. The summed E-state index contributed by atoms with van der Waals surface area (Å²) >= 11 is 4.97. The van der Waals surface area contributed by atoms with Gasteiger partial charge in [-0.05, 0) is 42.8 Å². The Morgan fingerprint density at radius 3 is 2.88 bits per heavy atom. The Labute approximate surface area is 162 Å². The van der Waals surface area contributed by atoms with Gasteiger partial charge in [0, 0.05) is 16.4 Å². The molecule has 2 heterocycles. The summed E-state index contributed by atoms with van der Waals surface area (Å²) in [6, 6.07) is 13.7. The standard InChI is InChI=1S/C19H15BrN4OS/c1-12-6-13(20)8-14(7-12)22-18(25)10-24-16-5-3-2-4-15(16)23-19(24)17-9-21-11-26-17/h2-9,11H,10H2,1H3,(H,22,25). The third kappa shape index (κ3) is 3.40. The molecular formula is C19H15BrN4OS. The number of aryl methyl sites for hydroxylation is 1. The number of carbonyl (C=O) groups excluding carboxylic acids is 1. The number of hydrogen-bond donors (Lipinski definition) is 1. The van der Waals surface area contributed by atoms with Crippen molar-refractivity contribution in [2.45, 2.75) is 13.5 Å². The third-order valence-electron chi connectivity index (χ3n) is 3.93. The molecule has 2 aromatic carbocycles. The quantitative estimate of drug-likeness (QED) is 0.506. The molecule has 1 amide bonds. The summed E-state index contributed by atoms with van der Waals surface area (Å²) in [5.74, 6) is 0.658. The van der Waals surface area contributed by atoms with Gasteiger partial charge in [0.25, 0.3) is 0 Å². The van der Waals surface area contributed by atoms with Crippen LogP contribution in [0.15, 0.2) is 58.6 Å². The Morgan fingerprint density at radius 1 is 1.27 bits per heavy atom. The molecule has 0 bridgehead atoms. The molecular weight excluding hydrogens is 412 g/mol. The molecule has 0 radical (unpaired) electrons. The molecule has 0 saturated heterocycles. The first-order valence-corrected chi connectivity index (χ1v) is 9.68. The van der Waals surface area contributed by atoms with Gasteiger partial charge in [-0.1, -0.05) is 28.1 Å². The number of imidazole rings is 1. The number of amides is 1. The van der Waals surface area contributed by atoms with E-state index >= 15 is 0 Å². The number of benzene rings is 2. The van der Waals surface area contributed by atoms with E-state index in [1.807, 2.05) is 54.0 Å². The Kier molecular flexibility index (Phi) is 4.57. The number of nitrogens with zero attached hydrogens (tertiary/aromatic N) is 3. The van der Waals surface area contributed by atoms with E-state index in [2.05, 4.69) is 31.2 Å². The van der Waals surface area contributed by atoms with Gasteiger partial charge in [0.05, 0.1) is 21.4 Å². The zero-order valence-corrected chi connectivity index (χ0v) is 16.3. The summed E-state index contributed by atoms with van der Waals surface area (Å²) in [6.07, 6.45) is 1.78. The summed E-state index contributed by atoms with van der Waals surface area (Å²) < 4.78 is 2.87. The topological polar surface area (TPSA) is 59.8 Å². The molecule has 0 aliphatic carbocycles. The van der Waals surface area contributed by atoms with E-state index in [4.69, 9.17) is 0 Å². The third-order valence-corrected chi connectivity index (χ3v) is 5.16. The molecule has 130 valence electrons. The minimum atomic E-state index is -0.101. The van der Waals surface area contributed by atoms with Crippen LogP contribution in [0.5, 0.6) is 0 Å². The van der Waals surface area contributed by atoms with Crippen molar-refractivity contribution in [3.05, 3.63) is 64.2 Å². The monoisotopic (exact) mass is 426 g/mol. The molecule has 4 aromatic rings. The minimum absolute atomic E-state index is 0.101. The second-order valence-corrected chi connectivity index (χ2v) is 7.74. The van der Waals surface area contributed by atoms with Gasteiger partial charge in [-0.3, -0.25) is 9.78 Å². The van der Waals surface area contributed by atoms with Crippen LogP contribution in [0.4, 0.5) is 5.69 Å². The van der Waals surface area contributed by atoms with Crippen molar-refractivity contribution >= 4 is 49.9 Å². The minimum Gasteiger partial charge on any atom is -0.324 e. The molecule has 0 unspecified atom stereocenters. The molecule has 0 spiro atoms. The second-order valence-electron chi connectivity index (χ2n) is 5.94. The lowest BCUT2D eigenvalue weighted by Crippen LogP contribution is -2.19. The molecule has 0 saturated carbocycles. The number of carbonyl (C=O) groups is 1. The van der Waals surface area contributed by atoms with E-state index < -0.39 is 0 Å². The van der Waals surface area contributed by atoms with Gasteiger partial charge in [-0.25, -0.2) is 4.98 Å². The maximum Gasteiger partial charge on any atom is 0.244 e. The SMILES string of the molecule is Cc1cc(Br)cc(NC(=O)Cn2c(-c3cncs3)nc3ccccc32)c1.